The predicted octanol–water partition coefficient (Wildman–Crippen LogP) is 1.34. The summed E-state index contributed by atoms with van der Waals surface area (Å²) in [5.41, 5.74) is 1.60. The summed E-state index contributed by atoms with van der Waals surface area (Å²) in [7, 11) is 1.66. The number of hydrogen-bond acceptors (Lipinski definition) is 3. The molecule has 0 saturated carbocycles. The van der Waals surface area contributed by atoms with Gasteiger partial charge in [-0.3, -0.25) is 4.57 Å². The molecule has 1 aromatic rings. The third-order valence-electron chi connectivity index (χ3n) is 3.07. The quantitative estimate of drug-likeness (QED) is 0.635. The molecule has 13 heavy (non-hydrogen) atoms. The second-order valence-electron chi connectivity index (χ2n) is 3.72. The number of nitrogens with zero attached hydrogens (tertiary/aromatic N) is 1. The predicted molar refractivity (Wildman–Crippen MR) is 44.5 cm³/mol. The SMILES string of the molecule is Cn1c(O)c2c(c1O)C1CCC2O1. The van der Waals surface area contributed by atoms with E-state index in [1.165, 1.54) is 4.57 Å². The van der Waals surface area contributed by atoms with Crippen molar-refractivity contribution in [3.63, 3.8) is 0 Å². The molecular formula is C9H11NO3. The van der Waals surface area contributed by atoms with E-state index in [1.54, 1.807) is 7.05 Å². The van der Waals surface area contributed by atoms with Crippen LogP contribution in [0.25, 0.3) is 0 Å². The normalized spacial score (nSPS) is 29.6. The van der Waals surface area contributed by atoms with Crippen LogP contribution < -0.4 is 0 Å². The van der Waals surface area contributed by atoms with Crippen LogP contribution in [0.15, 0.2) is 0 Å². The summed E-state index contributed by atoms with van der Waals surface area (Å²) in [6.45, 7) is 0. The van der Waals surface area contributed by atoms with Crippen LogP contribution in [-0.4, -0.2) is 14.8 Å². The lowest BCUT2D eigenvalue weighted by molar-refractivity contribution is 0.0680. The van der Waals surface area contributed by atoms with Crippen LogP contribution in [0.5, 0.6) is 11.8 Å². The Labute approximate surface area is 75.4 Å². The van der Waals surface area contributed by atoms with Gasteiger partial charge in [0.2, 0.25) is 0 Å². The Bertz CT molecular complexity index is 349. The van der Waals surface area contributed by atoms with Gasteiger partial charge in [0.25, 0.3) is 0 Å². The number of ether oxygens (including phenoxy) is 1. The zero-order chi connectivity index (χ0) is 9.16. The van der Waals surface area contributed by atoms with Crippen molar-refractivity contribution in [1.29, 1.82) is 0 Å². The number of fused-ring (bicyclic) bond motifs is 5. The number of rotatable bonds is 0. The van der Waals surface area contributed by atoms with Gasteiger partial charge in [0, 0.05) is 7.05 Å². The monoisotopic (exact) mass is 181 g/mol. The summed E-state index contributed by atoms with van der Waals surface area (Å²) in [5.74, 6) is 0.305. The van der Waals surface area contributed by atoms with Gasteiger partial charge < -0.3 is 14.9 Å². The third-order valence-corrected chi connectivity index (χ3v) is 3.07. The van der Waals surface area contributed by atoms with Gasteiger partial charge in [-0.05, 0) is 12.8 Å². The summed E-state index contributed by atoms with van der Waals surface area (Å²) in [4.78, 5) is 0. The molecule has 2 unspecified atom stereocenters. The van der Waals surface area contributed by atoms with E-state index in [4.69, 9.17) is 4.74 Å². The summed E-state index contributed by atoms with van der Waals surface area (Å²) >= 11 is 0. The molecule has 3 rings (SSSR count). The molecule has 0 radical (unpaired) electrons. The fourth-order valence-electron chi connectivity index (χ4n) is 2.40. The van der Waals surface area contributed by atoms with Crippen LogP contribution in [0.3, 0.4) is 0 Å². The van der Waals surface area contributed by atoms with Crippen LogP contribution in [0, 0.1) is 0 Å². The Morgan fingerprint density at radius 2 is 1.62 bits per heavy atom. The maximum absolute atomic E-state index is 9.68. The average Bonchev–Trinajstić information content (AvgIpc) is 2.76. The summed E-state index contributed by atoms with van der Waals surface area (Å²) < 4.78 is 6.98. The van der Waals surface area contributed by atoms with E-state index in [1.807, 2.05) is 0 Å². The molecule has 2 aliphatic heterocycles. The maximum atomic E-state index is 9.68. The van der Waals surface area contributed by atoms with Crippen LogP contribution >= 0.6 is 0 Å². The van der Waals surface area contributed by atoms with Crippen molar-refractivity contribution in [2.75, 3.05) is 0 Å². The fourth-order valence-corrected chi connectivity index (χ4v) is 2.40. The fraction of sp³-hybridized carbons (Fsp3) is 0.556. The molecule has 2 aliphatic rings. The minimum atomic E-state index is 0.00657. The van der Waals surface area contributed by atoms with E-state index < -0.39 is 0 Å². The largest absolute Gasteiger partial charge is 0.494 e. The molecule has 2 bridgehead atoms. The minimum Gasteiger partial charge on any atom is -0.494 e. The van der Waals surface area contributed by atoms with Crippen molar-refractivity contribution in [3.05, 3.63) is 11.1 Å². The average molecular weight is 181 g/mol. The van der Waals surface area contributed by atoms with Gasteiger partial charge in [0.05, 0.1) is 23.3 Å². The third kappa shape index (κ3) is 0.659. The highest BCUT2D eigenvalue weighted by Crippen LogP contribution is 2.57. The highest BCUT2D eigenvalue weighted by atomic mass is 16.5. The Morgan fingerprint density at radius 1 is 1.15 bits per heavy atom. The highest BCUT2D eigenvalue weighted by Gasteiger charge is 2.44. The van der Waals surface area contributed by atoms with Crippen LogP contribution in [0.1, 0.15) is 36.2 Å². The summed E-state index contributed by atoms with van der Waals surface area (Å²) in [6, 6.07) is 0. The molecule has 0 aromatic carbocycles. The molecule has 2 atom stereocenters. The van der Waals surface area contributed by atoms with Gasteiger partial charge >= 0.3 is 0 Å². The summed E-state index contributed by atoms with van der Waals surface area (Å²) in [5, 5.41) is 19.4. The Kier molecular flexibility index (Phi) is 1.12. The zero-order valence-electron chi connectivity index (χ0n) is 7.32. The topological polar surface area (TPSA) is 54.6 Å². The molecule has 1 fully saturated rings. The van der Waals surface area contributed by atoms with Gasteiger partial charge in [-0.2, -0.15) is 0 Å². The van der Waals surface area contributed by atoms with E-state index in [-0.39, 0.29) is 24.0 Å². The number of aromatic hydroxyl groups is 2. The highest BCUT2D eigenvalue weighted by molar-refractivity contribution is 5.51. The number of aromatic nitrogens is 1. The standard InChI is InChI=1S/C9H11NO3/c1-10-8(11)6-4-2-3-5(13-4)7(6)9(10)12/h4-5,11-12H,2-3H2,1H3. The van der Waals surface area contributed by atoms with Crippen LogP contribution in [0.4, 0.5) is 0 Å². The first-order valence-corrected chi connectivity index (χ1v) is 4.46. The van der Waals surface area contributed by atoms with Crippen molar-refractivity contribution in [3.8, 4) is 11.8 Å². The zero-order valence-corrected chi connectivity index (χ0v) is 7.32. The van der Waals surface area contributed by atoms with Crippen molar-refractivity contribution >= 4 is 0 Å². The summed E-state index contributed by atoms with van der Waals surface area (Å²) in [6.07, 6.45) is 1.92. The molecular weight excluding hydrogens is 170 g/mol. The Hall–Kier alpha value is -1.16. The molecule has 4 heteroatoms. The van der Waals surface area contributed by atoms with Crippen LogP contribution in [-0.2, 0) is 11.8 Å². The molecule has 70 valence electrons. The smallest absolute Gasteiger partial charge is 0.199 e. The van der Waals surface area contributed by atoms with Crippen molar-refractivity contribution < 1.29 is 14.9 Å². The minimum absolute atomic E-state index is 0.00657. The first-order valence-electron chi connectivity index (χ1n) is 4.46. The van der Waals surface area contributed by atoms with E-state index in [9.17, 15) is 10.2 Å². The second-order valence-corrected chi connectivity index (χ2v) is 3.72. The van der Waals surface area contributed by atoms with E-state index in [2.05, 4.69) is 0 Å². The van der Waals surface area contributed by atoms with Gasteiger partial charge in [-0.1, -0.05) is 0 Å². The van der Waals surface area contributed by atoms with Crippen molar-refractivity contribution in [1.82, 2.24) is 4.57 Å². The van der Waals surface area contributed by atoms with E-state index in [0.717, 1.165) is 24.0 Å². The molecule has 1 saturated heterocycles. The molecule has 0 spiro atoms. The molecule has 2 N–H and O–H groups in total. The lowest BCUT2D eigenvalue weighted by atomic mass is 9.95. The Morgan fingerprint density at radius 3 is 2.08 bits per heavy atom. The second kappa shape index (κ2) is 2.01. The van der Waals surface area contributed by atoms with Gasteiger partial charge in [-0.25, -0.2) is 0 Å². The van der Waals surface area contributed by atoms with Gasteiger partial charge in [0.1, 0.15) is 0 Å². The Balaban J connectivity index is 2.31. The molecule has 4 nitrogen and oxygen atoms in total. The van der Waals surface area contributed by atoms with E-state index >= 15 is 0 Å². The molecule has 1 aromatic heterocycles. The first-order chi connectivity index (χ1) is 6.20. The van der Waals surface area contributed by atoms with Crippen molar-refractivity contribution in [2.24, 2.45) is 7.05 Å². The van der Waals surface area contributed by atoms with Gasteiger partial charge in [-0.15, -0.1) is 0 Å². The number of hydrogen-bond donors (Lipinski definition) is 2. The lowest BCUT2D eigenvalue weighted by Gasteiger charge is -2.04. The maximum Gasteiger partial charge on any atom is 0.199 e. The first kappa shape index (κ1) is 7.26. The van der Waals surface area contributed by atoms with E-state index in [0.29, 0.717) is 0 Å². The van der Waals surface area contributed by atoms with Crippen molar-refractivity contribution in [2.45, 2.75) is 25.0 Å². The molecule has 3 heterocycles. The van der Waals surface area contributed by atoms with Crippen LogP contribution in [0.2, 0.25) is 0 Å². The molecule has 0 aliphatic carbocycles. The lowest BCUT2D eigenvalue weighted by Crippen LogP contribution is -1.93. The molecule has 0 amide bonds. The van der Waals surface area contributed by atoms with Gasteiger partial charge in [0.15, 0.2) is 11.8 Å².